The molecule has 0 saturated heterocycles. The second-order valence-corrected chi connectivity index (χ2v) is 9.78. The molecule has 3 aromatic rings. The van der Waals surface area contributed by atoms with Crippen LogP contribution in [0.5, 0.6) is 5.75 Å². The third kappa shape index (κ3) is 5.23. The SMILES string of the molecule is COc1ccc(C)cc1S(=O)(=O)N(CC(=O)Nc1ccc(Cl)cc1C)c1ccc(C)cc1. The molecule has 1 amide bonds. The van der Waals surface area contributed by atoms with Crippen LogP contribution in [0.15, 0.2) is 65.6 Å². The van der Waals surface area contributed by atoms with E-state index in [-0.39, 0.29) is 10.6 Å². The van der Waals surface area contributed by atoms with Crippen LogP contribution in [-0.2, 0) is 14.8 Å². The highest BCUT2D eigenvalue weighted by Crippen LogP contribution is 2.31. The second-order valence-electron chi connectivity index (χ2n) is 7.51. The molecule has 0 unspecified atom stereocenters. The van der Waals surface area contributed by atoms with Gasteiger partial charge in [-0.25, -0.2) is 8.42 Å². The van der Waals surface area contributed by atoms with E-state index in [4.69, 9.17) is 16.3 Å². The van der Waals surface area contributed by atoms with Crippen LogP contribution in [-0.4, -0.2) is 28.0 Å². The molecular weight excluding hydrogens is 448 g/mol. The van der Waals surface area contributed by atoms with Gasteiger partial charge in [0.25, 0.3) is 10.0 Å². The summed E-state index contributed by atoms with van der Waals surface area (Å²) in [6.45, 7) is 5.10. The first kappa shape index (κ1) is 23.6. The van der Waals surface area contributed by atoms with E-state index < -0.39 is 22.5 Å². The highest BCUT2D eigenvalue weighted by molar-refractivity contribution is 7.93. The van der Waals surface area contributed by atoms with Crippen molar-refractivity contribution in [3.63, 3.8) is 0 Å². The quantitative estimate of drug-likeness (QED) is 0.518. The predicted molar refractivity (Wildman–Crippen MR) is 128 cm³/mol. The van der Waals surface area contributed by atoms with Gasteiger partial charge < -0.3 is 10.1 Å². The molecule has 0 fully saturated rings. The van der Waals surface area contributed by atoms with Crippen LogP contribution in [0.4, 0.5) is 11.4 Å². The maximum Gasteiger partial charge on any atom is 0.268 e. The van der Waals surface area contributed by atoms with Crippen LogP contribution in [0.25, 0.3) is 0 Å². The Morgan fingerprint density at radius 2 is 1.62 bits per heavy atom. The molecule has 6 nitrogen and oxygen atoms in total. The van der Waals surface area contributed by atoms with Crippen molar-refractivity contribution in [2.24, 2.45) is 0 Å². The highest BCUT2D eigenvalue weighted by Gasteiger charge is 2.30. The van der Waals surface area contributed by atoms with Crippen LogP contribution in [0, 0.1) is 20.8 Å². The lowest BCUT2D eigenvalue weighted by atomic mass is 10.2. The summed E-state index contributed by atoms with van der Waals surface area (Å²) in [7, 11) is -2.70. The predicted octanol–water partition coefficient (Wildman–Crippen LogP) is 5.11. The normalized spacial score (nSPS) is 11.2. The zero-order chi connectivity index (χ0) is 23.5. The van der Waals surface area contributed by atoms with E-state index in [1.807, 2.05) is 13.8 Å². The minimum absolute atomic E-state index is 0.00366. The standard InChI is InChI=1S/C24H25ClN2O4S/c1-16-5-9-20(10-6-16)27(15-24(28)26-21-11-8-19(25)14-18(21)3)32(29,30)23-13-17(2)7-12-22(23)31-4/h5-14H,15H2,1-4H3,(H,26,28). The number of rotatable bonds is 7. The number of nitrogens with one attached hydrogen (secondary N) is 1. The molecule has 0 atom stereocenters. The molecule has 0 heterocycles. The number of sulfonamides is 1. The number of hydrogen-bond donors (Lipinski definition) is 1. The van der Waals surface area contributed by atoms with Gasteiger partial charge in [-0.05, 0) is 74.4 Å². The largest absolute Gasteiger partial charge is 0.495 e. The highest BCUT2D eigenvalue weighted by atomic mass is 35.5. The van der Waals surface area contributed by atoms with E-state index in [1.165, 1.54) is 13.2 Å². The van der Waals surface area contributed by atoms with Crippen molar-refractivity contribution in [3.8, 4) is 5.75 Å². The van der Waals surface area contributed by atoms with Gasteiger partial charge in [0.2, 0.25) is 5.91 Å². The van der Waals surface area contributed by atoms with E-state index >= 15 is 0 Å². The number of nitrogens with zero attached hydrogens (tertiary/aromatic N) is 1. The number of hydrogen-bond acceptors (Lipinski definition) is 4. The van der Waals surface area contributed by atoms with Crippen molar-refractivity contribution in [2.75, 3.05) is 23.3 Å². The summed E-state index contributed by atoms with van der Waals surface area (Å²) in [6, 6.07) is 16.9. The molecule has 3 aromatic carbocycles. The zero-order valence-electron chi connectivity index (χ0n) is 18.3. The van der Waals surface area contributed by atoms with Crippen molar-refractivity contribution in [1.29, 1.82) is 0 Å². The molecule has 0 bridgehead atoms. The first-order valence-electron chi connectivity index (χ1n) is 9.92. The van der Waals surface area contributed by atoms with Crippen LogP contribution >= 0.6 is 11.6 Å². The lowest BCUT2D eigenvalue weighted by Crippen LogP contribution is -2.38. The average Bonchev–Trinajstić information content (AvgIpc) is 2.74. The second kappa shape index (κ2) is 9.63. The Morgan fingerprint density at radius 3 is 2.25 bits per heavy atom. The number of carbonyl (C=O) groups excluding carboxylic acids is 1. The summed E-state index contributed by atoms with van der Waals surface area (Å²) in [6.07, 6.45) is 0. The minimum Gasteiger partial charge on any atom is -0.495 e. The topological polar surface area (TPSA) is 75.7 Å². The number of benzene rings is 3. The molecule has 0 radical (unpaired) electrons. The van der Waals surface area contributed by atoms with Gasteiger partial charge in [0.1, 0.15) is 17.2 Å². The lowest BCUT2D eigenvalue weighted by Gasteiger charge is -2.25. The van der Waals surface area contributed by atoms with Gasteiger partial charge in [0.15, 0.2) is 0 Å². The van der Waals surface area contributed by atoms with Crippen molar-refractivity contribution in [3.05, 3.63) is 82.4 Å². The van der Waals surface area contributed by atoms with Gasteiger partial charge in [-0.1, -0.05) is 35.4 Å². The Morgan fingerprint density at radius 1 is 0.969 bits per heavy atom. The maximum atomic E-state index is 13.7. The van der Waals surface area contributed by atoms with E-state index in [9.17, 15) is 13.2 Å². The van der Waals surface area contributed by atoms with Crippen molar-refractivity contribution in [2.45, 2.75) is 25.7 Å². The monoisotopic (exact) mass is 472 g/mol. The van der Waals surface area contributed by atoms with Crippen molar-refractivity contribution >= 4 is 38.9 Å². The van der Waals surface area contributed by atoms with Gasteiger partial charge in [-0.3, -0.25) is 9.10 Å². The summed E-state index contributed by atoms with van der Waals surface area (Å²) in [5.41, 5.74) is 3.45. The van der Waals surface area contributed by atoms with Crippen LogP contribution < -0.4 is 14.4 Å². The van der Waals surface area contributed by atoms with E-state index in [0.717, 1.165) is 21.0 Å². The third-order valence-electron chi connectivity index (χ3n) is 4.96. The van der Waals surface area contributed by atoms with Crippen LogP contribution in [0.1, 0.15) is 16.7 Å². The maximum absolute atomic E-state index is 13.7. The molecule has 0 saturated carbocycles. The number of carbonyl (C=O) groups is 1. The van der Waals surface area contributed by atoms with Crippen LogP contribution in [0.2, 0.25) is 5.02 Å². The molecule has 1 N–H and O–H groups in total. The summed E-state index contributed by atoms with van der Waals surface area (Å²) in [4.78, 5) is 12.9. The Hall–Kier alpha value is -3.03. The third-order valence-corrected chi connectivity index (χ3v) is 6.99. The fourth-order valence-electron chi connectivity index (χ4n) is 3.22. The molecule has 0 aromatic heterocycles. The molecule has 0 aliphatic carbocycles. The Labute approximate surface area is 193 Å². The molecule has 0 aliphatic rings. The van der Waals surface area contributed by atoms with Crippen molar-refractivity contribution in [1.82, 2.24) is 0 Å². The molecule has 0 spiro atoms. The number of methoxy groups -OCH3 is 1. The number of amides is 1. The van der Waals surface area contributed by atoms with Crippen molar-refractivity contribution < 1.29 is 17.9 Å². The Kier molecular flexibility index (Phi) is 7.11. The molecule has 32 heavy (non-hydrogen) atoms. The van der Waals surface area contributed by atoms with Crippen LogP contribution in [0.3, 0.4) is 0 Å². The average molecular weight is 473 g/mol. The van der Waals surface area contributed by atoms with E-state index in [2.05, 4.69) is 5.32 Å². The zero-order valence-corrected chi connectivity index (χ0v) is 19.9. The number of aryl methyl sites for hydroxylation is 3. The Bertz CT molecular complexity index is 1240. The molecule has 0 aliphatic heterocycles. The van der Waals surface area contributed by atoms with Gasteiger partial charge in [0.05, 0.1) is 12.8 Å². The fraction of sp³-hybridized carbons (Fsp3) is 0.208. The molecular formula is C24H25ClN2O4S. The number of ether oxygens (including phenoxy) is 1. The van der Waals surface area contributed by atoms with E-state index in [1.54, 1.807) is 61.5 Å². The Balaban J connectivity index is 2.02. The lowest BCUT2D eigenvalue weighted by molar-refractivity contribution is -0.114. The van der Waals surface area contributed by atoms with Gasteiger partial charge >= 0.3 is 0 Å². The number of halogens is 1. The first-order valence-corrected chi connectivity index (χ1v) is 11.7. The van der Waals surface area contributed by atoms with Gasteiger partial charge in [-0.2, -0.15) is 0 Å². The fourth-order valence-corrected chi connectivity index (χ4v) is 5.11. The summed E-state index contributed by atoms with van der Waals surface area (Å²) in [5.74, 6) is -0.271. The summed E-state index contributed by atoms with van der Waals surface area (Å²) in [5, 5.41) is 3.33. The minimum atomic E-state index is -4.11. The smallest absolute Gasteiger partial charge is 0.268 e. The first-order chi connectivity index (χ1) is 15.1. The van der Waals surface area contributed by atoms with E-state index in [0.29, 0.717) is 16.4 Å². The van der Waals surface area contributed by atoms with Gasteiger partial charge in [0, 0.05) is 10.7 Å². The molecule has 8 heteroatoms. The summed E-state index contributed by atoms with van der Waals surface area (Å²) < 4.78 is 33.8. The molecule has 168 valence electrons. The number of anilines is 2. The van der Waals surface area contributed by atoms with Gasteiger partial charge in [-0.15, -0.1) is 0 Å². The summed E-state index contributed by atoms with van der Waals surface area (Å²) >= 11 is 5.99. The molecule has 3 rings (SSSR count).